The third-order valence-corrected chi connectivity index (χ3v) is 5.51. The molecule has 0 aromatic carbocycles. The van der Waals surface area contributed by atoms with Crippen LogP contribution < -0.4 is 5.32 Å². The molecule has 0 radical (unpaired) electrons. The highest BCUT2D eigenvalue weighted by molar-refractivity contribution is 5.82. The summed E-state index contributed by atoms with van der Waals surface area (Å²) >= 11 is 0. The minimum atomic E-state index is -0.420. The van der Waals surface area contributed by atoms with Gasteiger partial charge in [-0.05, 0) is 25.7 Å². The van der Waals surface area contributed by atoms with Gasteiger partial charge in [0.1, 0.15) is 0 Å². The highest BCUT2D eigenvalue weighted by atomic mass is 16.5. The van der Waals surface area contributed by atoms with Crippen LogP contribution in [0, 0.1) is 5.41 Å². The number of hydrogen-bond acceptors (Lipinski definition) is 4. The highest BCUT2D eigenvalue weighted by Crippen LogP contribution is 2.35. The van der Waals surface area contributed by atoms with E-state index in [-0.39, 0.29) is 11.3 Å². The number of rotatable bonds is 6. The first-order chi connectivity index (χ1) is 11.0. The van der Waals surface area contributed by atoms with Gasteiger partial charge in [0.15, 0.2) is 0 Å². The van der Waals surface area contributed by atoms with E-state index in [0.29, 0.717) is 19.2 Å². The third kappa shape index (κ3) is 5.73. The van der Waals surface area contributed by atoms with Crippen molar-refractivity contribution < 1.29 is 14.6 Å². The van der Waals surface area contributed by atoms with Gasteiger partial charge in [0.05, 0.1) is 12.7 Å². The number of amides is 1. The summed E-state index contributed by atoms with van der Waals surface area (Å²) in [5.41, 5.74) is -0.164. The number of carbonyl (C=O) groups is 1. The summed E-state index contributed by atoms with van der Waals surface area (Å²) in [5, 5.41) is 13.1. The molecule has 2 rings (SSSR count). The van der Waals surface area contributed by atoms with Gasteiger partial charge in [0.2, 0.25) is 5.91 Å². The Balaban J connectivity index is 1.74. The number of piperidine rings is 1. The zero-order valence-corrected chi connectivity index (χ0v) is 14.9. The lowest BCUT2D eigenvalue weighted by atomic mass is 9.81. The Morgan fingerprint density at radius 2 is 1.87 bits per heavy atom. The van der Waals surface area contributed by atoms with E-state index in [1.807, 2.05) is 0 Å². The van der Waals surface area contributed by atoms with Gasteiger partial charge in [-0.3, -0.25) is 4.79 Å². The highest BCUT2D eigenvalue weighted by Gasteiger charge is 2.35. The Labute approximate surface area is 140 Å². The van der Waals surface area contributed by atoms with Gasteiger partial charge >= 0.3 is 0 Å². The van der Waals surface area contributed by atoms with Gasteiger partial charge in [-0.2, -0.15) is 0 Å². The number of nitrogens with one attached hydrogen (secondary N) is 1. The molecule has 1 aliphatic heterocycles. The monoisotopic (exact) mass is 326 g/mol. The van der Waals surface area contributed by atoms with Gasteiger partial charge in [-0.25, -0.2) is 0 Å². The van der Waals surface area contributed by atoms with E-state index in [2.05, 4.69) is 17.1 Å². The van der Waals surface area contributed by atoms with Crippen LogP contribution in [0.2, 0.25) is 0 Å². The quantitative estimate of drug-likeness (QED) is 0.732. The van der Waals surface area contributed by atoms with E-state index < -0.39 is 6.10 Å². The molecule has 1 aliphatic carbocycles. The van der Waals surface area contributed by atoms with Crippen LogP contribution in [0.15, 0.2) is 0 Å². The molecule has 1 amide bonds. The van der Waals surface area contributed by atoms with Crippen LogP contribution in [-0.2, 0) is 9.53 Å². The Bertz CT molecular complexity index is 359. The standard InChI is InChI=1S/C18H34N2O3/c1-18(9-5-3-4-6-10-18)17(22)19-15-7-11-20(12-8-15)13-16(21)14-23-2/h15-16,21H,3-14H2,1-2H3,(H,19,22). The van der Waals surface area contributed by atoms with E-state index >= 15 is 0 Å². The zero-order chi connectivity index (χ0) is 16.7. The lowest BCUT2D eigenvalue weighted by molar-refractivity contribution is -0.132. The van der Waals surface area contributed by atoms with Crippen molar-refractivity contribution in [3.8, 4) is 0 Å². The maximum Gasteiger partial charge on any atom is 0.226 e. The van der Waals surface area contributed by atoms with Crippen LogP contribution in [0.4, 0.5) is 0 Å². The first kappa shape index (κ1) is 18.7. The summed E-state index contributed by atoms with van der Waals surface area (Å²) in [6.45, 7) is 5.05. The summed E-state index contributed by atoms with van der Waals surface area (Å²) in [4.78, 5) is 15.0. The topological polar surface area (TPSA) is 61.8 Å². The molecule has 2 aliphatic rings. The Kier molecular flexibility index (Phi) is 7.31. The normalized spacial score (nSPS) is 24.8. The number of nitrogens with zero attached hydrogens (tertiary/aromatic N) is 1. The van der Waals surface area contributed by atoms with Crippen molar-refractivity contribution in [2.45, 2.75) is 70.4 Å². The molecule has 5 heteroatoms. The molecule has 1 saturated carbocycles. The van der Waals surface area contributed by atoms with Gasteiger partial charge in [-0.15, -0.1) is 0 Å². The predicted molar refractivity (Wildman–Crippen MR) is 91.3 cm³/mol. The van der Waals surface area contributed by atoms with Crippen LogP contribution in [0.3, 0.4) is 0 Å². The van der Waals surface area contributed by atoms with Gasteiger partial charge < -0.3 is 20.1 Å². The number of carbonyl (C=O) groups excluding carboxylic acids is 1. The van der Waals surface area contributed by atoms with E-state index in [1.54, 1.807) is 7.11 Å². The summed E-state index contributed by atoms with van der Waals surface area (Å²) in [6.07, 6.45) is 8.48. The fraction of sp³-hybridized carbons (Fsp3) is 0.944. The van der Waals surface area contributed by atoms with E-state index in [1.165, 1.54) is 25.7 Å². The van der Waals surface area contributed by atoms with E-state index in [9.17, 15) is 9.90 Å². The maximum absolute atomic E-state index is 12.7. The molecule has 2 fully saturated rings. The lowest BCUT2D eigenvalue weighted by Gasteiger charge is -2.35. The fourth-order valence-electron chi connectivity index (χ4n) is 3.90. The van der Waals surface area contributed by atoms with Crippen molar-refractivity contribution in [2.75, 3.05) is 33.4 Å². The second kappa shape index (κ2) is 9.00. The summed E-state index contributed by atoms with van der Waals surface area (Å²) < 4.78 is 4.97. The number of hydrogen-bond donors (Lipinski definition) is 2. The van der Waals surface area contributed by atoms with Gasteiger partial charge in [0, 0.05) is 38.2 Å². The third-order valence-electron chi connectivity index (χ3n) is 5.51. The van der Waals surface area contributed by atoms with Crippen LogP contribution in [0.25, 0.3) is 0 Å². The number of likely N-dealkylation sites (tertiary alicyclic amines) is 1. The van der Waals surface area contributed by atoms with Crippen molar-refractivity contribution >= 4 is 5.91 Å². The molecular formula is C18H34N2O3. The fourth-order valence-corrected chi connectivity index (χ4v) is 3.90. The van der Waals surface area contributed by atoms with Crippen molar-refractivity contribution in [2.24, 2.45) is 5.41 Å². The molecule has 0 aromatic heterocycles. The molecule has 0 aromatic rings. The molecule has 0 bridgehead atoms. The SMILES string of the molecule is COCC(O)CN1CCC(NC(=O)C2(C)CCCCCC2)CC1. The first-order valence-electron chi connectivity index (χ1n) is 9.24. The summed E-state index contributed by atoms with van der Waals surface area (Å²) in [7, 11) is 1.61. The second-order valence-electron chi connectivity index (χ2n) is 7.63. The van der Waals surface area contributed by atoms with Crippen LogP contribution in [0.1, 0.15) is 58.3 Å². The molecule has 134 valence electrons. The van der Waals surface area contributed by atoms with Crippen LogP contribution in [0.5, 0.6) is 0 Å². The number of β-amino-alcohol motifs (C(OH)–C–C–N with tert-alkyl or cyclic N) is 1. The van der Waals surface area contributed by atoms with Crippen molar-refractivity contribution in [1.82, 2.24) is 10.2 Å². The molecule has 1 heterocycles. The van der Waals surface area contributed by atoms with E-state index in [4.69, 9.17) is 4.74 Å². The molecule has 1 saturated heterocycles. The molecule has 1 unspecified atom stereocenters. The Morgan fingerprint density at radius 1 is 1.26 bits per heavy atom. The number of methoxy groups -OCH3 is 1. The number of aliphatic hydroxyl groups is 1. The van der Waals surface area contributed by atoms with Gasteiger partial charge in [-0.1, -0.05) is 32.6 Å². The zero-order valence-electron chi connectivity index (χ0n) is 14.9. The molecule has 0 spiro atoms. The average Bonchev–Trinajstić information content (AvgIpc) is 2.75. The molecule has 5 nitrogen and oxygen atoms in total. The average molecular weight is 326 g/mol. The number of ether oxygens (including phenoxy) is 1. The molecule has 2 N–H and O–H groups in total. The Morgan fingerprint density at radius 3 is 2.43 bits per heavy atom. The van der Waals surface area contributed by atoms with Crippen LogP contribution >= 0.6 is 0 Å². The van der Waals surface area contributed by atoms with Crippen molar-refractivity contribution in [3.05, 3.63) is 0 Å². The second-order valence-corrected chi connectivity index (χ2v) is 7.63. The molecule has 1 atom stereocenters. The Hall–Kier alpha value is -0.650. The van der Waals surface area contributed by atoms with Crippen molar-refractivity contribution in [1.29, 1.82) is 0 Å². The largest absolute Gasteiger partial charge is 0.389 e. The molecule has 23 heavy (non-hydrogen) atoms. The molecular weight excluding hydrogens is 292 g/mol. The smallest absolute Gasteiger partial charge is 0.226 e. The predicted octanol–water partition coefficient (Wildman–Crippen LogP) is 1.93. The van der Waals surface area contributed by atoms with E-state index in [0.717, 1.165) is 38.8 Å². The minimum Gasteiger partial charge on any atom is -0.389 e. The maximum atomic E-state index is 12.7. The number of aliphatic hydroxyl groups excluding tert-OH is 1. The first-order valence-corrected chi connectivity index (χ1v) is 9.24. The van der Waals surface area contributed by atoms with Gasteiger partial charge in [0.25, 0.3) is 0 Å². The minimum absolute atomic E-state index is 0.164. The summed E-state index contributed by atoms with van der Waals surface area (Å²) in [5.74, 6) is 0.261. The lowest BCUT2D eigenvalue weighted by Crippen LogP contribution is -2.50. The van der Waals surface area contributed by atoms with Crippen LogP contribution in [-0.4, -0.2) is 61.4 Å². The summed E-state index contributed by atoms with van der Waals surface area (Å²) in [6, 6.07) is 0.290. The van der Waals surface area contributed by atoms with Crippen molar-refractivity contribution in [3.63, 3.8) is 0 Å².